The first-order chi connectivity index (χ1) is 8.31. The van der Waals surface area contributed by atoms with E-state index in [0.29, 0.717) is 6.61 Å². The highest BCUT2D eigenvalue weighted by molar-refractivity contribution is 14.1. The van der Waals surface area contributed by atoms with Crippen LogP contribution in [-0.2, 0) is 6.61 Å². The molecule has 0 bridgehead atoms. The molecule has 0 fully saturated rings. The molecule has 0 aliphatic carbocycles. The quantitative estimate of drug-likeness (QED) is 0.671. The van der Waals surface area contributed by atoms with Gasteiger partial charge in [-0.2, -0.15) is 0 Å². The minimum Gasteiger partial charge on any atom is -0.487 e. The molecule has 1 aromatic carbocycles. The number of rotatable bonds is 3. The summed E-state index contributed by atoms with van der Waals surface area (Å²) in [6, 6.07) is 8.00. The molecule has 0 aliphatic heterocycles. The molecule has 0 amide bonds. The monoisotopic (exact) mass is 356 g/mol. The highest BCUT2D eigenvalue weighted by Gasteiger charge is 2.03. The number of halogens is 1. The number of benzene rings is 1. The van der Waals surface area contributed by atoms with Crippen LogP contribution in [0.25, 0.3) is 4.96 Å². The van der Waals surface area contributed by atoms with Gasteiger partial charge in [0.1, 0.15) is 12.4 Å². The van der Waals surface area contributed by atoms with Crippen molar-refractivity contribution < 1.29 is 4.74 Å². The number of aromatic nitrogens is 2. The Morgan fingerprint density at radius 3 is 3.18 bits per heavy atom. The fourth-order valence-electron chi connectivity index (χ4n) is 1.56. The number of imidazole rings is 1. The minimum absolute atomic E-state index is 0.508. The summed E-state index contributed by atoms with van der Waals surface area (Å²) in [7, 11) is 0. The zero-order chi connectivity index (χ0) is 11.7. The Hall–Kier alpha value is -1.08. The summed E-state index contributed by atoms with van der Waals surface area (Å²) in [5.41, 5.74) is 0.954. The van der Waals surface area contributed by atoms with Gasteiger partial charge in [-0.25, -0.2) is 4.98 Å². The molecule has 3 rings (SSSR count). The molecular formula is C12H9IN2OS. The zero-order valence-corrected chi connectivity index (χ0v) is 11.8. The van der Waals surface area contributed by atoms with Crippen LogP contribution in [0.5, 0.6) is 5.75 Å². The normalized spacial score (nSPS) is 10.9. The van der Waals surface area contributed by atoms with Crippen LogP contribution < -0.4 is 4.74 Å². The number of hydrogen-bond donors (Lipinski definition) is 0. The van der Waals surface area contributed by atoms with E-state index >= 15 is 0 Å². The van der Waals surface area contributed by atoms with Gasteiger partial charge in [-0.05, 0) is 40.8 Å². The molecule has 0 saturated heterocycles. The Labute approximate surface area is 116 Å². The van der Waals surface area contributed by atoms with Crippen molar-refractivity contribution in [2.75, 3.05) is 0 Å². The zero-order valence-electron chi connectivity index (χ0n) is 8.84. The lowest BCUT2D eigenvalue weighted by molar-refractivity contribution is 0.302. The van der Waals surface area contributed by atoms with Crippen molar-refractivity contribution >= 4 is 38.9 Å². The van der Waals surface area contributed by atoms with Crippen molar-refractivity contribution in [1.29, 1.82) is 0 Å². The van der Waals surface area contributed by atoms with Gasteiger partial charge in [-0.1, -0.05) is 6.07 Å². The molecule has 2 heterocycles. The smallest absolute Gasteiger partial charge is 0.193 e. The second-order valence-corrected chi connectivity index (χ2v) is 5.69. The van der Waals surface area contributed by atoms with E-state index in [1.807, 2.05) is 46.4 Å². The Bertz CT molecular complexity index is 618. The van der Waals surface area contributed by atoms with E-state index in [4.69, 9.17) is 4.74 Å². The molecule has 3 nitrogen and oxygen atoms in total. The fourth-order valence-corrected chi connectivity index (χ4v) is 2.79. The van der Waals surface area contributed by atoms with Gasteiger partial charge in [0, 0.05) is 21.3 Å². The van der Waals surface area contributed by atoms with Crippen LogP contribution >= 0.6 is 33.9 Å². The molecule has 0 aliphatic rings. The Morgan fingerprint density at radius 1 is 1.41 bits per heavy atom. The van der Waals surface area contributed by atoms with Gasteiger partial charge >= 0.3 is 0 Å². The average molecular weight is 356 g/mol. The number of fused-ring (bicyclic) bond motifs is 1. The summed E-state index contributed by atoms with van der Waals surface area (Å²) in [5, 5.41) is 2.02. The number of nitrogens with zero attached hydrogens (tertiary/aromatic N) is 2. The summed E-state index contributed by atoms with van der Waals surface area (Å²) in [6.07, 6.45) is 4.00. The lowest BCUT2D eigenvalue weighted by Crippen LogP contribution is -1.95. The van der Waals surface area contributed by atoms with Crippen LogP contribution in [-0.4, -0.2) is 9.38 Å². The van der Waals surface area contributed by atoms with E-state index in [-0.39, 0.29) is 0 Å². The lowest BCUT2D eigenvalue weighted by Gasteiger charge is -2.03. The van der Waals surface area contributed by atoms with Crippen LogP contribution in [0, 0.1) is 3.57 Å². The van der Waals surface area contributed by atoms with E-state index in [1.165, 1.54) is 3.57 Å². The maximum absolute atomic E-state index is 5.70. The van der Waals surface area contributed by atoms with Crippen molar-refractivity contribution in [3.63, 3.8) is 0 Å². The predicted octanol–water partition coefficient (Wildman–Crippen LogP) is 3.58. The van der Waals surface area contributed by atoms with E-state index < -0.39 is 0 Å². The first-order valence-electron chi connectivity index (χ1n) is 5.11. The number of hydrogen-bond acceptors (Lipinski definition) is 3. The van der Waals surface area contributed by atoms with Crippen molar-refractivity contribution in [2.45, 2.75) is 6.61 Å². The van der Waals surface area contributed by atoms with Crippen molar-refractivity contribution in [1.82, 2.24) is 9.38 Å². The second kappa shape index (κ2) is 4.66. The van der Waals surface area contributed by atoms with Crippen molar-refractivity contribution in [2.24, 2.45) is 0 Å². The molecule has 0 radical (unpaired) electrons. The Kier molecular flexibility index (Phi) is 3.02. The van der Waals surface area contributed by atoms with Crippen LogP contribution in [0.4, 0.5) is 0 Å². The molecule has 0 saturated carbocycles. The highest BCUT2D eigenvalue weighted by Crippen LogP contribution is 2.17. The molecule has 17 heavy (non-hydrogen) atoms. The van der Waals surface area contributed by atoms with Gasteiger partial charge < -0.3 is 4.74 Å². The maximum atomic E-state index is 5.70. The lowest BCUT2D eigenvalue weighted by atomic mass is 10.3. The molecule has 3 aromatic rings. The van der Waals surface area contributed by atoms with Crippen molar-refractivity contribution in [3.05, 3.63) is 51.3 Å². The van der Waals surface area contributed by atoms with Gasteiger partial charge in [0.05, 0.1) is 5.69 Å². The van der Waals surface area contributed by atoms with Gasteiger partial charge in [0.15, 0.2) is 4.96 Å². The Morgan fingerprint density at radius 2 is 2.35 bits per heavy atom. The topological polar surface area (TPSA) is 26.5 Å². The number of ether oxygens (including phenoxy) is 1. The summed E-state index contributed by atoms with van der Waals surface area (Å²) >= 11 is 3.90. The summed E-state index contributed by atoms with van der Waals surface area (Å²) in [6.45, 7) is 0.508. The fraction of sp³-hybridized carbons (Fsp3) is 0.0833. The van der Waals surface area contributed by atoms with E-state index in [1.54, 1.807) is 11.3 Å². The van der Waals surface area contributed by atoms with Gasteiger partial charge in [0.25, 0.3) is 0 Å². The predicted molar refractivity (Wildman–Crippen MR) is 76.6 cm³/mol. The van der Waals surface area contributed by atoms with E-state index in [9.17, 15) is 0 Å². The first kappa shape index (κ1) is 11.0. The third-order valence-corrected chi connectivity index (χ3v) is 3.77. The number of thiazole rings is 1. The van der Waals surface area contributed by atoms with Gasteiger partial charge in [0.2, 0.25) is 0 Å². The van der Waals surface area contributed by atoms with Crippen molar-refractivity contribution in [3.8, 4) is 5.75 Å². The summed E-state index contributed by atoms with van der Waals surface area (Å²) in [4.78, 5) is 5.47. The molecule has 0 N–H and O–H groups in total. The summed E-state index contributed by atoms with van der Waals surface area (Å²) < 4.78 is 8.88. The molecular weight excluding hydrogens is 347 g/mol. The molecule has 2 aromatic heterocycles. The molecule has 0 unspecified atom stereocenters. The minimum atomic E-state index is 0.508. The van der Waals surface area contributed by atoms with E-state index in [2.05, 4.69) is 27.6 Å². The van der Waals surface area contributed by atoms with Crippen LogP contribution in [0.3, 0.4) is 0 Å². The maximum Gasteiger partial charge on any atom is 0.193 e. The molecule has 5 heteroatoms. The largest absolute Gasteiger partial charge is 0.487 e. The van der Waals surface area contributed by atoms with Crippen LogP contribution in [0.2, 0.25) is 0 Å². The highest BCUT2D eigenvalue weighted by atomic mass is 127. The van der Waals surface area contributed by atoms with Gasteiger partial charge in [-0.15, -0.1) is 11.3 Å². The SMILES string of the molecule is Ic1cccc(OCc2cn3ccsc3n2)c1. The van der Waals surface area contributed by atoms with Gasteiger partial charge in [-0.3, -0.25) is 4.40 Å². The summed E-state index contributed by atoms with van der Waals surface area (Å²) in [5.74, 6) is 0.883. The third-order valence-electron chi connectivity index (χ3n) is 2.33. The van der Waals surface area contributed by atoms with Crippen LogP contribution in [0.15, 0.2) is 42.0 Å². The second-order valence-electron chi connectivity index (χ2n) is 3.57. The standard InChI is InChI=1S/C12H9IN2OS/c13-9-2-1-3-11(6-9)16-8-10-7-15-4-5-17-12(15)14-10/h1-7H,8H2. The Balaban J connectivity index is 1.74. The average Bonchev–Trinajstić information content (AvgIpc) is 2.86. The van der Waals surface area contributed by atoms with E-state index in [0.717, 1.165) is 16.4 Å². The van der Waals surface area contributed by atoms with Crippen LogP contribution in [0.1, 0.15) is 5.69 Å². The molecule has 86 valence electrons. The molecule has 0 spiro atoms. The third kappa shape index (κ3) is 2.44. The first-order valence-corrected chi connectivity index (χ1v) is 7.06. The molecule has 0 atom stereocenters.